The van der Waals surface area contributed by atoms with Crippen LogP contribution >= 0.6 is 0 Å². The van der Waals surface area contributed by atoms with Gasteiger partial charge in [0.1, 0.15) is 0 Å². The zero-order valence-corrected chi connectivity index (χ0v) is 15.1. The fourth-order valence-corrected chi connectivity index (χ4v) is 3.45. The number of hydrogen-bond acceptors (Lipinski definition) is 5. The first-order valence-corrected chi connectivity index (χ1v) is 9.19. The number of hydrazone groups is 1. The van der Waals surface area contributed by atoms with Gasteiger partial charge < -0.3 is 10.2 Å². The molecule has 0 unspecified atom stereocenters. The molecule has 3 aromatic carbocycles. The standard InChI is InChI=1S/C22H23N3O2/c26-21-9-8-17(14-22(21)27)15-23-25-12-10-24(11-13-25)16-19-6-3-5-18-4-1-2-7-20(18)19/h1-9,14-15,26-27H,10-13,16H2. The zero-order valence-electron chi connectivity index (χ0n) is 15.1. The minimum Gasteiger partial charge on any atom is -0.504 e. The quantitative estimate of drug-likeness (QED) is 0.552. The van der Waals surface area contributed by atoms with Crippen molar-refractivity contribution in [3.8, 4) is 11.5 Å². The van der Waals surface area contributed by atoms with Crippen molar-refractivity contribution in [2.45, 2.75) is 6.54 Å². The third-order valence-electron chi connectivity index (χ3n) is 4.99. The number of hydrogen-bond donors (Lipinski definition) is 2. The molecule has 0 amide bonds. The van der Waals surface area contributed by atoms with Crippen LogP contribution in [0.3, 0.4) is 0 Å². The van der Waals surface area contributed by atoms with Gasteiger partial charge in [-0.3, -0.25) is 9.91 Å². The van der Waals surface area contributed by atoms with E-state index >= 15 is 0 Å². The fraction of sp³-hybridized carbons (Fsp3) is 0.227. The molecule has 4 rings (SSSR count). The number of piperazine rings is 1. The second-order valence-electron chi connectivity index (χ2n) is 6.86. The first kappa shape index (κ1) is 17.4. The molecule has 138 valence electrons. The molecule has 3 aromatic rings. The van der Waals surface area contributed by atoms with Crippen molar-refractivity contribution in [3.05, 3.63) is 71.8 Å². The largest absolute Gasteiger partial charge is 0.504 e. The zero-order chi connectivity index (χ0) is 18.6. The Morgan fingerprint density at radius 1 is 0.852 bits per heavy atom. The smallest absolute Gasteiger partial charge is 0.158 e. The van der Waals surface area contributed by atoms with Gasteiger partial charge in [0.25, 0.3) is 0 Å². The Bertz CT molecular complexity index is 957. The molecule has 1 fully saturated rings. The number of fused-ring (bicyclic) bond motifs is 1. The number of aromatic hydroxyl groups is 2. The van der Waals surface area contributed by atoms with Crippen molar-refractivity contribution in [3.63, 3.8) is 0 Å². The molecule has 1 aliphatic rings. The highest BCUT2D eigenvalue weighted by Gasteiger charge is 2.16. The summed E-state index contributed by atoms with van der Waals surface area (Å²) in [6.07, 6.45) is 1.72. The highest BCUT2D eigenvalue weighted by atomic mass is 16.3. The second-order valence-corrected chi connectivity index (χ2v) is 6.86. The number of benzene rings is 3. The Balaban J connectivity index is 1.36. The van der Waals surface area contributed by atoms with E-state index in [-0.39, 0.29) is 11.5 Å². The van der Waals surface area contributed by atoms with E-state index in [1.54, 1.807) is 12.3 Å². The maximum Gasteiger partial charge on any atom is 0.158 e. The summed E-state index contributed by atoms with van der Waals surface area (Å²) in [5.74, 6) is -0.243. The molecule has 0 atom stereocenters. The van der Waals surface area contributed by atoms with Crippen LogP contribution in [0.2, 0.25) is 0 Å². The van der Waals surface area contributed by atoms with E-state index in [2.05, 4.69) is 52.5 Å². The molecule has 0 radical (unpaired) electrons. The molecule has 1 aliphatic heterocycles. The summed E-state index contributed by atoms with van der Waals surface area (Å²) >= 11 is 0. The molecule has 0 saturated carbocycles. The molecule has 1 heterocycles. The van der Waals surface area contributed by atoms with E-state index in [1.807, 2.05) is 5.01 Å². The highest BCUT2D eigenvalue weighted by molar-refractivity contribution is 5.85. The van der Waals surface area contributed by atoms with Crippen molar-refractivity contribution in [2.75, 3.05) is 26.2 Å². The van der Waals surface area contributed by atoms with Crippen molar-refractivity contribution in [2.24, 2.45) is 5.10 Å². The normalized spacial score (nSPS) is 15.6. The number of phenolic OH excluding ortho intramolecular Hbond substituents is 2. The van der Waals surface area contributed by atoms with Gasteiger partial charge in [-0.05, 0) is 40.1 Å². The van der Waals surface area contributed by atoms with E-state index in [0.29, 0.717) is 0 Å². The van der Waals surface area contributed by atoms with E-state index in [0.717, 1.165) is 38.3 Å². The van der Waals surface area contributed by atoms with Crippen LogP contribution < -0.4 is 0 Å². The molecule has 0 bridgehead atoms. The maximum atomic E-state index is 9.56. The highest BCUT2D eigenvalue weighted by Crippen LogP contribution is 2.24. The average molecular weight is 361 g/mol. The van der Waals surface area contributed by atoms with Gasteiger partial charge in [-0.2, -0.15) is 5.10 Å². The van der Waals surface area contributed by atoms with Gasteiger partial charge in [0.2, 0.25) is 0 Å². The third-order valence-corrected chi connectivity index (χ3v) is 4.99. The summed E-state index contributed by atoms with van der Waals surface area (Å²) in [5.41, 5.74) is 2.13. The second kappa shape index (κ2) is 7.68. The number of phenols is 2. The Morgan fingerprint density at radius 3 is 2.44 bits per heavy atom. The van der Waals surface area contributed by atoms with Crippen LogP contribution in [0, 0.1) is 0 Å². The van der Waals surface area contributed by atoms with Gasteiger partial charge in [0.05, 0.1) is 6.21 Å². The molecule has 1 saturated heterocycles. The lowest BCUT2D eigenvalue weighted by molar-refractivity contribution is 0.131. The topological polar surface area (TPSA) is 59.3 Å². The van der Waals surface area contributed by atoms with Crippen LogP contribution in [0.1, 0.15) is 11.1 Å². The fourth-order valence-electron chi connectivity index (χ4n) is 3.45. The third kappa shape index (κ3) is 4.04. The van der Waals surface area contributed by atoms with Gasteiger partial charge >= 0.3 is 0 Å². The first-order chi connectivity index (χ1) is 13.2. The first-order valence-electron chi connectivity index (χ1n) is 9.19. The number of nitrogens with zero attached hydrogens (tertiary/aromatic N) is 3. The summed E-state index contributed by atoms with van der Waals surface area (Å²) < 4.78 is 0. The van der Waals surface area contributed by atoms with Crippen LogP contribution in [0.4, 0.5) is 0 Å². The molecular weight excluding hydrogens is 338 g/mol. The van der Waals surface area contributed by atoms with Crippen LogP contribution in [-0.2, 0) is 6.54 Å². The SMILES string of the molecule is Oc1ccc(C=NN2CCN(Cc3cccc4ccccc34)CC2)cc1O. The van der Waals surface area contributed by atoms with E-state index in [4.69, 9.17) is 0 Å². The van der Waals surface area contributed by atoms with Crippen LogP contribution in [-0.4, -0.2) is 52.5 Å². The van der Waals surface area contributed by atoms with Crippen LogP contribution in [0.25, 0.3) is 10.8 Å². The Morgan fingerprint density at radius 2 is 1.63 bits per heavy atom. The lowest BCUT2D eigenvalue weighted by atomic mass is 10.0. The van der Waals surface area contributed by atoms with Crippen molar-refractivity contribution in [1.82, 2.24) is 9.91 Å². The molecule has 5 heteroatoms. The molecule has 5 nitrogen and oxygen atoms in total. The van der Waals surface area contributed by atoms with E-state index in [1.165, 1.54) is 28.5 Å². The minimum absolute atomic E-state index is 0.116. The summed E-state index contributed by atoms with van der Waals surface area (Å²) in [5, 5.41) is 28.1. The van der Waals surface area contributed by atoms with Gasteiger partial charge in [0, 0.05) is 32.7 Å². The average Bonchev–Trinajstić information content (AvgIpc) is 2.70. The molecular formula is C22H23N3O2. The van der Waals surface area contributed by atoms with E-state index < -0.39 is 0 Å². The predicted molar refractivity (Wildman–Crippen MR) is 108 cm³/mol. The Labute approximate surface area is 158 Å². The summed E-state index contributed by atoms with van der Waals surface area (Å²) in [4.78, 5) is 2.46. The molecule has 0 aliphatic carbocycles. The van der Waals surface area contributed by atoms with Gasteiger partial charge in [-0.25, -0.2) is 0 Å². The van der Waals surface area contributed by atoms with Crippen LogP contribution in [0.5, 0.6) is 11.5 Å². The van der Waals surface area contributed by atoms with Crippen molar-refractivity contribution >= 4 is 17.0 Å². The monoisotopic (exact) mass is 361 g/mol. The van der Waals surface area contributed by atoms with Gasteiger partial charge in [-0.15, -0.1) is 0 Å². The predicted octanol–water partition coefficient (Wildman–Crippen LogP) is 3.40. The van der Waals surface area contributed by atoms with E-state index in [9.17, 15) is 10.2 Å². The molecule has 0 spiro atoms. The Hall–Kier alpha value is -3.05. The van der Waals surface area contributed by atoms with Gasteiger partial charge in [-0.1, -0.05) is 42.5 Å². The maximum absolute atomic E-state index is 9.56. The summed E-state index contributed by atoms with van der Waals surface area (Å²) in [6.45, 7) is 4.60. The molecule has 27 heavy (non-hydrogen) atoms. The summed E-state index contributed by atoms with van der Waals surface area (Å²) in [7, 11) is 0. The molecule has 0 aromatic heterocycles. The Kier molecular flexibility index (Phi) is 4.94. The van der Waals surface area contributed by atoms with Crippen molar-refractivity contribution < 1.29 is 10.2 Å². The van der Waals surface area contributed by atoms with Gasteiger partial charge in [0.15, 0.2) is 11.5 Å². The lowest BCUT2D eigenvalue weighted by Crippen LogP contribution is -2.43. The summed E-state index contributed by atoms with van der Waals surface area (Å²) in [6, 6.07) is 19.7. The van der Waals surface area contributed by atoms with Crippen LogP contribution in [0.15, 0.2) is 65.8 Å². The van der Waals surface area contributed by atoms with Crippen molar-refractivity contribution in [1.29, 1.82) is 0 Å². The molecule has 2 N–H and O–H groups in total. The lowest BCUT2D eigenvalue weighted by Gasteiger charge is -2.33. The minimum atomic E-state index is -0.126. The number of rotatable bonds is 4.